The predicted octanol–water partition coefficient (Wildman–Crippen LogP) is 3.76. The largest absolute Gasteiger partial charge is 0.383 e. The Balaban J connectivity index is 1.31. The number of nitrogen functional groups attached to an aromatic ring is 1. The number of aromatic nitrogens is 1. The molecule has 1 saturated heterocycles. The summed E-state index contributed by atoms with van der Waals surface area (Å²) < 4.78 is 29.4. The molecule has 5 rings (SSSR count). The van der Waals surface area contributed by atoms with Crippen LogP contribution in [-0.2, 0) is 21.4 Å². The monoisotopic (exact) mass is 486 g/mol. The van der Waals surface area contributed by atoms with E-state index in [1.54, 1.807) is 35.4 Å². The van der Waals surface area contributed by atoms with Crippen LogP contribution < -0.4 is 10.5 Å². The second kappa shape index (κ2) is 8.00. The van der Waals surface area contributed by atoms with Crippen molar-refractivity contribution in [1.29, 1.82) is 0 Å². The topological polar surface area (TPSA) is 105 Å². The number of fused-ring (bicyclic) bond motifs is 2. The molecule has 32 heavy (non-hydrogen) atoms. The molecule has 1 aliphatic heterocycles. The van der Waals surface area contributed by atoms with Gasteiger partial charge in [-0.15, -0.1) is 11.3 Å². The van der Waals surface area contributed by atoms with Crippen LogP contribution in [0.15, 0.2) is 58.9 Å². The lowest BCUT2D eigenvalue weighted by Crippen LogP contribution is -2.41. The molecule has 10 heteroatoms. The molecule has 1 aliphatic rings. The van der Waals surface area contributed by atoms with E-state index in [9.17, 15) is 13.2 Å². The molecule has 2 aromatic heterocycles. The average Bonchev–Trinajstić information content (AvgIpc) is 3.33. The Hall–Kier alpha value is -2.72. The average molecular weight is 487 g/mol. The van der Waals surface area contributed by atoms with Crippen LogP contribution in [0.25, 0.3) is 20.9 Å². The van der Waals surface area contributed by atoms with Gasteiger partial charge in [0.2, 0.25) is 5.91 Å². The first-order valence-electron chi connectivity index (χ1n) is 9.93. The highest BCUT2D eigenvalue weighted by Gasteiger charge is 2.35. The number of halogens is 1. The first-order chi connectivity index (χ1) is 15.3. The van der Waals surface area contributed by atoms with Crippen molar-refractivity contribution >= 4 is 65.5 Å². The van der Waals surface area contributed by atoms with Gasteiger partial charge in [-0.1, -0.05) is 29.8 Å². The summed E-state index contributed by atoms with van der Waals surface area (Å²) in [4.78, 5) is 18.7. The van der Waals surface area contributed by atoms with Crippen LogP contribution in [0.1, 0.15) is 12.0 Å². The Kier molecular flexibility index (Phi) is 5.29. The summed E-state index contributed by atoms with van der Waals surface area (Å²) in [5, 5.41) is 3.15. The van der Waals surface area contributed by atoms with E-state index < -0.39 is 16.1 Å². The predicted molar refractivity (Wildman–Crippen MR) is 127 cm³/mol. The Morgan fingerprint density at radius 3 is 2.84 bits per heavy atom. The van der Waals surface area contributed by atoms with Crippen molar-refractivity contribution in [3.05, 3.63) is 65.3 Å². The van der Waals surface area contributed by atoms with Crippen LogP contribution >= 0.6 is 22.9 Å². The van der Waals surface area contributed by atoms with Crippen LogP contribution in [0.3, 0.4) is 0 Å². The fourth-order valence-electron chi connectivity index (χ4n) is 3.93. The van der Waals surface area contributed by atoms with Crippen LogP contribution in [0.4, 0.5) is 5.82 Å². The molecule has 4 aromatic rings. The van der Waals surface area contributed by atoms with E-state index >= 15 is 0 Å². The lowest BCUT2D eigenvalue weighted by molar-refractivity contribution is -0.129. The maximum atomic E-state index is 12.9. The first-order valence-corrected chi connectivity index (χ1v) is 12.6. The number of carbonyl (C=O) groups excluding carboxylic acids is 1. The molecule has 2 aromatic carbocycles. The summed E-state index contributed by atoms with van der Waals surface area (Å²) in [6, 6.07) is 13.7. The molecule has 0 unspecified atom stereocenters. The van der Waals surface area contributed by atoms with Gasteiger partial charge in [-0.05, 0) is 53.1 Å². The third-order valence-electron chi connectivity index (χ3n) is 5.55. The number of nitrogens with two attached hydrogens (primary N) is 1. The number of sulfonamides is 1. The molecule has 3 heterocycles. The van der Waals surface area contributed by atoms with Crippen molar-refractivity contribution in [2.24, 2.45) is 0 Å². The first kappa shape index (κ1) is 21.1. The van der Waals surface area contributed by atoms with E-state index in [0.717, 1.165) is 37.8 Å². The molecule has 0 bridgehead atoms. The van der Waals surface area contributed by atoms with Crippen molar-refractivity contribution in [2.75, 3.05) is 12.3 Å². The number of nitrogens with one attached hydrogen (secondary N) is 1. The normalized spacial score (nSPS) is 17.0. The number of nitrogens with zero attached hydrogens (tertiary/aromatic N) is 2. The molecule has 0 saturated carbocycles. The zero-order valence-electron chi connectivity index (χ0n) is 16.8. The lowest BCUT2D eigenvalue weighted by atomic mass is 10.1. The molecule has 1 fully saturated rings. The van der Waals surface area contributed by atoms with Crippen LogP contribution in [-0.4, -0.2) is 36.8 Å². The maximum absolute atomic E-state index is 12.9. The summed E-state index contributed by atoms with van der Waals surface area (Å²) in [7, 11) is -3.82. The van der Waals surface area contributed by atoms with Gasteiger partial charge in [-0.3, -0.25) is 4.79 Å². The van der Waals surface area contributed by atoms with Gasteiger partial charge in [0.15, 0.2) is 0 Å². The third-order valence-corrected chi connectivity index (χ3v) is 8.83. The quantitative estimate of drug-likeness (QED) is 0.446. The number of amides is 1. The van der Waals surface area contributed by atoms with E-state index in [0.29, 0.717) is 30.4 Å². The summed E-state index contributed by atoms with van der Waals surface area (Å²) in [6.45, 7) is 0.876. The fourth-order valence-corrected chi connectivity index (χ4v) is 6.85. The fraction of sp³-hybridized carbons (Fsp3) is 0.182. The van der Waals surface area contributed by atoms with Crippen molar-refractivity contribution < 1.29 is 13.2 Å². The minimum absolute atomic E-state index is 0.168. The highest BCUT2D eigenvalue weighted by atomic mass is 35.5. The van der Waals surface area contributed by atoms with Gasteiger partial charge in [0, 0.05) is 34.4 Å². The number of carbonyl (C=O) groups is 1. The molecule has 164 valence electrons. The second-order valence-electron chi connectivity index (χ2n) is 7.72. The molecular formula is C22H19ClN4O3S2. The van der Waals surface area contributed by atoms with Gasteiger partial charge < -0.3 is 10.6 Å². The SMILES string of the molecule is Nc1nccc2cc(CN3CC[C@H](NS(=O)(=O)c4cc5ccc(Cl)cc5s4)C3=O)ccc12. The van der Waals surface area contributed by atoms with Crippen molar-refractivity contribution in [3.63, 3.8) is 0 Å². The molecule has 7 nitrogen and oxygen atoms in total. The Labute approximate surface area is 193 Å². The highest BCUT2D eigenvalue weighted by molar-refractivity contribution is 7.91. The number of likely N-dealkylation sites (tertiary alicyclic amines) is 1. The Morgan fingerprint density at radius 1 is 1.16 bits per heavy atom. The van der Waals surface area contributed by atoms with Crippen LogP contribution in [0.5, 0.6) is 0 Å². The highest BCUT2D eigenvalue weighted by Crippen LogP contribution is 2.31. The van der Waals surface area contributed by atoms with E-state index in [4.69, 9.17) is 17.3 Å². The number of pyridine rings is 1. The second-order valence-corrected chi connectivity index (χ2v) is 11.2. The standard InChI is InChI=1S/C22H19ClN4O3S2/c23-16-3-2-15-10-20(31-19(15)11-16)32(29,30)26-18-6-8-27(22(18)28)12-13-1-4-17-14(9-13)5-7-25-21(17)24/h1-5,7,9-11,18,26H,6,8,12H2,(H2,24,25)/t18-/m0/s1. The van der Waals surface area contributed by atoms with Gasteiger partial charge >= 0.3 is 0 Å². The lowest BCUT2D eigenvalue weighted by Gasteiger charge is -2.17. The zero-order valence-corrected chi connectivity index (χ0v) is 19.2. The van der Waals surface area contributed by atoms with E-state index in [-0.39, 0.29) is 10.1 Å². The number of anilines is 1. The zero-order chi connectivity index (χ0) is 22.5. The van der Waals surface area contributed by atoms with E-state index in [2.05, 4.69) is 9.71 Å². The molecule has 3 N–H and O–H groups in total. The van der Waals surface area contributed by atoms with Gasteiger partial charge in [-0.2, -0.15) is 4.72 Å². The Bertz CT molecular complexity index is 1470. The number of rotatable bonds is 5. The summed E-state index contributed by atoms with van der Waals surface area (Å²) >= 11 is 7.14. The number of hydrogen-bond acceptors (Lipinski definition) is 6. The van der Waals surface area contributed by atoms with Gasteiger partial charge in [0.05, 0.1) is 0 Å². The van der Waals surface area contributed by atoms with Gasteiger partial charge in [0.25, 0.3) is 10.0 Å². The van der Waals surface area contributed by atoms with Crippen molar-refractivity contribution in [1.82, 2.24) is 14.6 Å². The molecule has 1 atom stereocenters. The van der Waals surface area contributed by atoms with Crippen molar-refractivity contribution in [3.8, 4) is 0 Å². The van der Waals surface area contributed by atoms with Crippen LogP contribution in [0, 0.1) is 0 Å². The maximum Gasteiger partial charge on any atom is 0.250 e. The summed E-state index contributed by atoms with van der Waals surface area (Å²) in [6.07, 6.45) is 2.06. The molecule has 0 radical (unpaired) electrons. The van der Waals surface area contributed by atoms with Crippen molar-refractivity contribution in [2.45, 2.75) is 23.2 Å². The third kappa shape index (κ3) is 3.93. The molecular weight excluding hydrogens is 468 g/mol. The minimum Gasteiger partial charge on any atom is -0.383 e. The van der Waals surface area contributed by atoms with E-state index in [1.807, 2.05) is 24.3 Å². The molecule has 0 spiro atoms. The minimum atomic E-state index is -3.82. The molecule has 1 amide bonds. The molecule has 0 aliphatic carbocycles. The Morgan fingerprint density at radius 2 is 2.00 bits per heavy atom. The number of benzene rings is 2. The van der Waals surface area contributed by atoms with E-state index in [1.165, 1.54) is 0 Å². The van der Waals surface area contributed by atoms with Gasteiger partial charge in [-0.25, -0.2) is 13.4 Å². The van der Waals surface area contributed by atoms with Crippen LogP contribution in [0.2, 0.25) is 5.02 Å². The number of thiophene rings is 1. The number of hydrogen-bond donors (Lipinski definition) is 2. The summed E-state index contributed by atoms with van der Waals surface area (Å²) in [5.74, 6) is 0.233. The smallest absolute Gasteiger partial charge is 0.250 e. The summed E-state index contributed by atoms with van der Waals surface area (Å²) in [5.41, 5.74) is 6.85. The van der Waals surface area contributed by atoms with Gasteiger partial charge in [0.1, 0.15) is 16.1 Å².